The summed E-state index contributed by atoms with van der Waals surface area (Å²) >= 11 is 0. The van der Waals surface area contributed by atoms with Gasteiger partial charge in [-0.05, 0) is 52.2 Å². The van der Waals surface area contributed by atoms with Crippen LogP contribution in [0.15, 0.2) is 12.4 Å². The zero-order chi connectivity index (χ0) is 24.6. The minimum absolute atomic E-state index is 0.0271. The summed E-state index contributed by atoms with van der Waals surface area (Å²) in [6.45, 7) is 1.90. The number of nitrogens with zero attached hydrogens (tertiary/aromatic N) is 2. The maximum atomic E-state index is 12.5. The van der Waals surface area contributed by atoms with Crippen molar-refractivity contribution >= 4 is 24.8 Å². The number of aliphatic hydroxyl groups excluding tert-OH is 1. The highest BCUT2D eigenvalue weighted by Crippen LogP contribution is 2.26. The van der Waals surface area contributed by atoms with E-state index in [1.54, 1.807) is 12.4 Å². The van der Waals surface area contributed by atoms with Crippen molar-refractivity contribution in [3.05, 3.63) is 18.2 Å². The summed E-state index contributed by atoms with van der Waals surface area (Å²) in [6, 6.07) is -0.246. The van der Waals surface area contributed by atoms with E-state index < -0.39 is 6.10 Å². The first-order chi connectivity index (χ1) is 15.9. The molecule has 1 aromatic rings. The number of carbonyl (C=O) groups is 4. The Hall–Kier alpha value is -2.99. The zero-order valence-corrected chi connectivity index (χ0v) is 18.9. The van der Waals surface area contributed by atoms with E-state index in [1.165, 1.54) is 0 Å². The largest absolute Gasteiger partial charge is 0.483 e. The fraction of sp³-hybridized carbons (Fsp3) is 0.667. The van der Waals surface area contributed by atoms with Crippen molar-refractivity contribution < 1.29 is 34.5 Å². The second kappa shape index (κ2) is 15.8. The fourth-order valence-electron chi connectivity index (χ4n) is 4.01. The van der Waals surface area contributed by atoms with Crippen molar-refractivity contribution in [3.8, 4) is 0 Å². The molecule has 1 saturated heterocycles. The molecule has 0 aromatic carbocycles. The number of nitrogens with one attached hydrogen (secondary N) is 3. The van der Waals surface area contributed by atoms with Gasteiger partial charge in [-0.2, -0.15) is 0 Å². The lowest BCUT2D eigenvalue weighted by atomic mass is 9.83. The molecule has 0 unspecified atom stereocenters. The Labute approximate surface area is 192 Å². The number of carboxylic acid groups (broad SMARTS) is 2. The molecule has 12 heteroatoms. The predicted molar refractivity (Wildman–Crippen MR) is 118 cm³/mol. The van der Waals surface area contributed by atoms with Gasteiger partial charge in [0.1, 0.15) is 5.82 Å². The number of rotatable bonds is 6. The van der Waals surface area contributed by atoms with Gasteiger partial charge in [-0.15, -0.1) is 0 Å². The molecule has 1 aromatic heterocycles. The van der Waals surface area contributed by atoms with Gasteiger partial charge >= 0.3 is 0 Å². The molecule has 2 heterocycles. The normalized spacial score (nSPS) is 23.0. The van der Waals surface area contributed by atoms with Gasteiger partial charge in [0.25, 0.3) is 12.9 Å². The van der Waals surface area contributed by atoms with Gasteiger partial charge in [0.15, 0.2) is 0 Å². The first-order valence-electron chi connectivity index (χ1n) is 10.9. The van der Waals surface area contributed by atoms with Crippen molar-refractivity contribution in [1.82, 2.24) is 25.5 Å². The second-order valence-electron chi connectivity index (χ2n) is 8.06. The molecule has 12 nitrogen and oxygen atoms in total. The van der Waals surface area contributed by atoms with Crippen molar-refractivity contribution in [2.75, 3.05) is 26.7 Å². The van der Waals surface area contributed by atoms with E-state index in [0.717, 1.165) is 31.8 Å². The predicted octanol–water partition coefficient (Wildman–Crippen LogP) is -0.542. The molecule has 1 aliphatic heterocycles. The Morgan fingerprint density at radius 3 is 2.30 bits per heavy atom. The summed E-state index contributed by atoms with van der Waals surface area (Å²) < 4.78 is 0. The molecule has 0 radical (unpaired) electrons. The van der Waals surface area contributed by atoms with Crippen LogP contribution >= 0.6 is 0 Å². The maximum Gasteiger partial charge on any atom is 0.290 e. The van der Waals surface area contributed by atoms with Crippen LogP contribution in [0.4, 0.5) is 0 Å². The standard InChI is InChI=1S/C19H31N5O3.2CH2O2/c1-24-10-5-13(6-11-24)19(27)23-15-3-2-14(12-16(15)25)18(26)22-7-4-17-20-8-9-21-17;2*2-1-3/h8-9,13-16,25H,2-7,10-12H2,1H3,(H,20,21)(H,22,26)(H,23,27);2*1H,(H,2,3)/t14-,15-,16-;;/m0../s1. The van der Waals surface area contributed by atoms with E-state index >= 15 is 0 Å². The number of piperidine rings is 1. The highest BCUT2D eigenvalue weighted by atomic mass is 16.3. The molecule has 1 saturated carbocycles. The average Bonchev–Trinajstić information content (AvgIpc) is 3.30. The van der Waals surface area contributed by atoms with E-state index in [1.807, 2.05) is 0 Å². The number of likely N-dealkylation sites (tertiary alicyclic amines) is 1. The number of H-pyrrole nitrogens is 1. The first kappa shape index (κ1) is 28.0. The summed E-state index contributed by atoms with van der Waals surface area (Å²) in [5, 5.41) is 30.2. The van der Waals surface area contributed by atoms with Gasteiger partial charge in [0.05, 0.1) is 12.1 Å². The fourth-order valence-corrected chi connectivity index (χ4v) is 4.01. The zero-order valence-electron chi connectivity index (χ0n) is 18.9. The molecule has 2 aliphatic rings. The minimum atomic E-state index is -0.671. The lowest BCUT2D eigenvalue weighted by molar-refractivity contribution is -0.130. The Bertz CT molecular complexity index is 702. The number of aromatic amines is 1. The van der Waals surface area contributed by atoms with Gasteiger partial charge in [0.2, 0.25) is 11.8 Å². The molecule has 2 amide bonds. The van der Waals surface area contributed by atoms with Gasteiger partial charge < -0.3 is 35.8 Å². The first-order valence-corrected chi connectivity index (χ1v) is 10.9. The molecule has 0 bridgehead atoms. The molecule has 33 heavy (non-hydrogen) atoms. The van der Waals surface area contributed by atoms with Gasteiger partial charge in [-0.3, -0.25) is 19.2 Å². The maximum absolute atomic E-state index is 12.5. The van der Waals surface area contributed by atoms with Crippen LogP contribution in [-0.4, -0.2) is 93.8 Å². The molecule has 186 valence electrons. The van der Waals surface area contributed by atoms with E-state index in [2.05, 4.69) is 32.5 Å². The van der Waals surface area contributed by atoms with Crippen molar-refractivity contribution in [1.29, 1.82) is 0 Å². The van der Waals surface area contributed by atoms with E-state index in [4.69, 9.17) is 19.8 Å². The third kappa shape index (κ3) is 10.4. The third-order valence-electron chi connectivity index (χ3n) is 5.82. The van der Waals surface area contributed by atoms with Crippen molar-refractivity contribution in [2.24, 2.45) is 11.8 Å². The molecular formula is C21H35N5O7. The quantitative estimate of drug-likeness (QED) is 0.298. The number of aliphatic hydroxyl groups is 1. The van der Waals surface area contributed by atoms with Crippen LogP contribution in [0.1, 0.15) is 37.9 Å². The lowest BCUT2D eigenvalue weighted by Gasteiger charge is -2.35. The highest BCUT2D eigenvalue weighted by molar-refractivity contribution is 5.80. The number of hydrogen-bond donors (Lipinski definition) is 6. The Morgan fingerprint density at radius 2 is 1.76 bits per heavy atom. The minimum Gasteiger partial charge on any atom is -0.483 e. The number of aromatic nitrogens is 2. The molecule has 2 fully saturated rings. The van der Waals surface area contributed by atoms with Crippen LogP contribution in [-0.2, 0) is 25.6 Å². The van der Waals surface area contributed by atoms with Crippen LogP contribution in [0.3, 0.4) is 0 Å². The molecular weight excluding hydrogens is 434 g/mol. The lowest BCUT2D eigenvalue weighted by Crippen LogP contribution is -2.51. The van der Waals surface area contributed by atoms with Crippen molar-refractivity contribution in [3.63, 3.8) is 0 Å². The summed E-state index contributed by atoms with van der Waals surface area (Å²) in [4.78, 5) is 50.9. The van der Waals surface area contributed by atoms with E-state index in [0.29, 0.717) is 32.2 Å². The van der Waals surface area contributed by atoms with Crippen LogP contribution in [0.2, 0.25) is 0 Å². The second-order valence-corrected chi connectivity index (χ2v) is 8.06. The summed E-state index contributed by atoms with van der Waals surface area (Å²) in [5.41, 5.74) is 0. The van der Waals surface area contributed by atoms with Gasteiger partial charge in [-0.1, -0.05) is 0 Å². The molecule has 0 spiro atoms. The monoisotopic (exact) mass is 469 g/mol. The summed E-state index contributed by atoms with van der Waals surface area (Å²) in [6.07, 6.45) is 6.88. The molecule has 6 N–H and O–H groups in total. The SMILES string of the molecule is CN1CCC(C(=O)N[C@H]2CC[C@H](C(=O)NCCc3ncc[nH]3)C[C@@H]2O)CC1.O=CO.O=CO. The van der Waals surface area contributed by atoms with Crippen LogP contribution in [0.25, 0.3) is 0 Å². The van der Waals surface area contributed by atoms with E-state index in [9.17, 15) is 14.7 Å². The Balaban J connectivity index is 0.000000819. The average molecular weight is 470 g/mol. The number of hydrogen-bond acceptors (Lipinski definition) is 7. The molecule has 3 atom stereocenters. The summed E-state index contributed by atoms with van der Waals surface area (Å²) in [7, 11) is 2.07. The third-order valence-corrected chi connectivity index (χ3v) is 5.82. The van der Waals surface area contributed by atoms with Crippen LogP contribution in [0, 0.1) is 11.8 Å². The number of amides is 2. The highest BCUT2D eigenvalue weighted by Gasteiger charge is 2.35. The van der Waals surface area contributed by atoms with Crippen LogP contribution < -0.4 is 10.6 Å². The van der Waals surface area contributed by atoms with Gasteiger partial charge in [-0.25, -0.2) is 4.98 Å². The Kier molecular flexibility index (Phi) is 13.4. The van der Waals surface area contributed by atoms with E-state index in [-0.39, 0.29) is 42.6 Å². The number of carbonyl (C=O) groups excluding carboxylic acids is 2. The smallest absolute Gasteiger partial charge is 0.290 e. The number of imidazole rings is 1. The molecule has 3 rings (SSSR count). The Morgan fingerprint density at radius 1 is 1.12 bits per heavy atom. The molecule has 1 aliphatic carbocycles. The topological polar surface area (TPSA) is 185 Å². The summed E-state index contributed by atoms with van der Waals surface area (Å²) in [5.74, 6) is 0.703. The van der Waals surface area contributed by atoms with Gasteiger partial charge in [0, 0.05) is 37.2 Å². The van der Waals surface area contributed by atoms with Crippen LogP contribution in [0.5, 0.6) is 0 Å². The van der Waals surface area contributed by atoms with Crippen molar-refractivity contribution in [2.45, 2.75) is 50.7 Å².